The molecule has 0 radical (unpaired) electrons. The zero-order valence-corrected chi connectivity index (χ0v) is 16.2. The molecule has 0 saturated carbocycles. The smallest absolute Gasteiger partial charge is 0.230 e. The zero-order chi connectivity index (χ0) is 19.5. The van der Waals surface area contributed by atoms with Crippen LogP contribution in [-0.2, 0) is 12.8 Å². The van der Waals surface area contributed by atoms with Crippen LogP contribution in [0.5, 0.6) is 0 Å². The first-order valence-electron chi connectivity index (χ1n) is 9.76. The molecule has 2 heterocycles. The van der Waals surface area contributed by atoms with Crippen molar-refractivity contribution >= 4 is 11.1 Å². The molecule has 0 amide bonds. The van der Waals surface area contributed by atoms with Crippen LogP contribution in [0, 0.1) is 0 Å². The number of rotatable bonds is 6. The predicted molar refractivity (Wildman–Crippen MR) is 112 cm³/mol. The Hall–Kier alpha value is -2.98. The topological polar surface area (TPSA) is 59.2 Å². The van der Waals surface area contributed by atoms with Crippen LogP contribution in [-0.4, -0.2) is 21.2 Å². The molecule has 4 nitrogen and oxygen atoms in total. The van der Waals surface area contributed by atoms with Gasteiger partial charge in [0.2, 0.25) is 5.71 Å². The Morgan fingerprint density at radius 3 is 2.39 bits per heavy atom. The molecule has 0 spiro atoms. The van der Waals surface area contributed by atoms with Gasteiger partial charge in [0.05, 0.1) is 17.2 Å². The summed E-state index contributed by atoms with van der Waals surface area (Å²) in [4.78, 5) is 8.92. The van der Waals surface area contributed by atoms with E-state index in [-0.39, 0.29) is 6.10 Å². The highest BCUT2D eigenvalue weighted by atomic mass is 16.3. The molecular formula is C24H24N2O2. The lowest BCUT2D eigenvalue weighted by Crippen LogP contribution is -2.03. The Morgan fingerprint density at radius 2 is 1.71 bits per heavy atom. The van der Waals surface area contributed by atoms with Gasteiger partial charge in [-0.15, -0.1) is 0 Å². The largest absolute Gasteiger partial charge is 0.437 e. The molecule has 0 aliphatic carbocycles. The second kappa shape index (κ2) is 7.95. The number of hydrogen-bond acceptors (Lipinski definition) is 4. The van der Waals surface area contributed by atoms with Crippen molar-refractivity contribution in [2.45, 2.75) is 39.2 Å². The number of aryl methyl sites for hydroxylation is 2. The average Bonchev–Trinajstić information content (AvgIpc) is 3.13. The summed E-state index contributed by atoms with van der Waals surface area (Å²) in [6.07, 6.45) is 3.48. The van der Waals surface area contributed by atoms with E-state index in [1.54, 1.807) is 13.3 Å². The van der Waals surface area contributed by atoms with Gasteiger partial charge in [0, 0.05) is 11.1 Å². The highest BCUT2D eigenvalue weighted by Gasteiger charge is 2.22. The Balaban J connectivity index is 1.96. The van der Waals surface area contributed by atoms with Gasteiger partial charge < -0.3 is 9.52 Å². The van der Waals surface area contributed by atoms with Crippen LogP contribution in [0.15, 0.2) is 65.3 Å². The van der Waals surface area contributed by atoms with E-state index in [2.05, 4.69) is 41.2 Å². The first-order chi connectivity index (χ1) is 13.7. The minimum absolute atomic E-state index is 0.377. The van der Waals surface area contributed by atoms with Gasteiger partial charge in [0.15, 0.2) is 0 Å². The second-order valence-electron chi connectivity index (χ2n) is 7.11. The van der Waals surface area contributed by atoms with E-state index >= 15 is 0 Å². The normalized spacial score (nSPS) is 12.4. The summed E-state index contributed by atoms with van der Waals surface area (Å²) in [7, 11) is 0. The molecule has 4 aromatic rings. The van der Waals surface area contributed by atoms with Gasteiger partial charge in [-0.25, -0.2) is 9.97 Å². The fourth-order valence-electron chi connectivity index (χ4n) is 3.50. The highest BCUT2D eigenvalue weighted by Crippen LogP contribution is 2.41. The number of aromatic nitrogens is 2. The Morgan fingerprint density at radius 1 is 0.964 bits per heavy atom. The molecule has 28 heavy (non-hydrogen) atoms. The third-order valence-corrected chi connectivity index (χ3v) is 5.05. The summed E-state index contributed by atoms with van der Waals surface area (Å²) in [6.45, 7) is 3.95. The van der Waals surface area contributed by atoms with Crippen LogP contribution in [0.2, 0.25) is 0 Å². The van der Waals surface area contributed by atoms with Crippen LogP contribution < -0.4 is 0 Å². The highest BCUT2D eigenvalue weighted by molar-refractivity contribution is 6.01. The quantitative estimate of drug-likeness (QED) is 0.490. The standard InChI is InChI=1S/C24H24N2O2/c1-3-17-10-12-18(13-11-17)21-22-20(14-9-16(2)27)25-15-26-24(22)28-23(21)19-7-5-4-6-8-19/h4-8,10-13,15-16,27H,3,9,14H2,1-2H3/t16-/m0/s1. The van der Waals surface area contributed by atoms with Gasteiger partial charge in [0.25, 0.3) is 0 Å². The monoisotopic (exact) mass is 372 g/mol. The Labute approximate surface area is 164 Å². The van der Waals surface area contributed by atoms with Crippen molar-refractivity contribution in [1.82, 2.24) is 9.97 Å². The fourth-order valence-corrected chi connectivity index (χ4v) is 3.50. The minimum atomic E-state index is -0.377. The second-order valence-corrected chi connectivity index (χ2v) is 7.11. The number of aliphatic hydroxyl groups excluding tert-OH is 1. The Kier molecular flexibility index (Phi) is 5.22. The molecule has 0 bridgehead atoms. The molecule has 1 atom stereocenters. The van der Waals surface area contributed by atoms with Crippen molar-refractivity contribution in [1.29, 1.82) is 0 Å². The average molecular weight is 372 g/mol. The molecule has 0 unspecified atom stereocenters. The molecule has 2 aromatic heterocycles. The number of aliphatic hydroxyl groups is 1. The maximum atomic E-state index is 9.75. The molecule has 142 valence electrons. The molecule has 0 fully saturated rings. The number of nitrogens with zero attached hydrogens (tertiary/aromatic N) is 2. The first kappa shape index (κ1) is 18.4. The van der Waals surface area contributed by atoms with Crippen molar-refractivity contribution in [3.8, 4) is 22.5 Å². The molecule has 0 saturated heterocycles. The maximum Gasteiger partial charge on any atom is 0.230 e. The summed E-state index contributed by atoms with van der Waals surface area (Å²) < 4.78 is 6.23. The fraction of sp³-hybridized carbons (Fsp3) is 0.250. The van der Waals surface area contributed by atoms with Gasteiger partial charge in [-0.2, -0.15) is 0 Å². The summed E-state index contributed by atoms with van der Waals surface area (Å²) >= 11 is 0. The zero-order valence-electron chi connectivity index (χ0n) is 16.2. The third-order valence-electron chi connectivity index (χ3n) is 5.05. The van der Waals surface area contributed by atoms with Gasteiger partial charge in [-0.1, -0.05) is 61.5 Å². The van der Waals surface area contributed by atoms with Crippen LogP contribution in [0.4, 0.5) is 0 Å². The van der Waals surface area contributed by atoms with Crippen LogP contribution in [0.3, 0.4) is 0 Å². The van der Waals surface area contributed by atoms with Gasteiger partial charge in [-0.05, 0) is 37.3 Å². The summed E-state index contributed by atoms with van der Waals surface area (Å²) in [6, 6.07) is 18.7. The van der Waals surface area contributed by atoms with Crippen molar-refractivity contribution in [2.24, 2.45) is 0 Å². The molecule has 2 aromatic carbocycles. The lowest BCUT2D eigenvalue weighted by Gasteiger charge is -2.08. The van der Waals surface area contributed by atoms with E-state index in [1.165, 1.54) is 5.56 Å². The Bertz CT molecular complexity index is 1070. The SMILES string of the molecule is CCc1ccc(-c2c(-c3ccccc3)oc3ncnc(CC[C@H](C)O)c23)cc1. The van der Waals surface area contributed by atoms with Gasteiger partial charge in [0.1, 0.15) is 12.1 Å². The number of benzene rings is 2. The predicted octanol–water partition coefficient (Wildman–Crippen LogP) is 5.43. The molecule has 0 aliphatic rings. The van der Waals surface area contributed by atoms with E-state index in [0.29, 0.717) is 18.6 Å². The number of fused-ring (bicyclic) bond motifs is 1. The molecule has 4 rings (SSSR count). The first-order valence-corrected chi connectivity index (χ1v) is 9.76. The lowest BCUT2D eigenvalue weighted by atomic mass is 9.96. The van der Waals surface area contributed by atoms with Gasteiger partial charge >= 0.3 is 0 Å². The third kappa shape index (κ3) is 3.56. The van der Waals surface area contributed by atoms with Crippen molar-refractivity contribution in [3.05, 3.63) is 72.2 Å². The number of furan rings is 1. The van der Waals surface area contributed by atoms with Crippen LogP contribution in [0.1, 0.15) is 31.5 Å². The molecule has 1 N–H and O–H groups in total. The van der Waals surface area contributed by atoms with Crippen molar-refractivity contribution in [3.63, 3.8) is 0 Å². The van der Waals surface area contributed by atoms with E-state index in [4.69, 9.17) is 4.42 Å². The summed E-state index contributed by atoms with van der Waals surface area (Å²) in [5.41, 5.74) is 5.91. The number of hydrogen-bond donors (Lipinski definition) is 1. The molecule has 0 aliphatic heterocycles. The summed E-state index contributed by atoms with van der Waals surface area (Å²) in [5.74, 6) is 0.804. The maximum absolute atomic E-state index is 9.75. The van der Waals surface area contributed by atoms with Crippen LogP contribution >= 0.6 is 0 Å². The van der Waals surface area contributed by atoms with Gasteiger partial charge in [-0.3, -0.25) is 0 Å². The van der Waals surface area contributed by atoms with Crippen molar-refractivity contribution < 1.29 is 9.52 Å². The molecule has 4 heteroatoms. The summed E-state index contributed by atoms with van der Waals surface area (Å²) in [5, 5.41) is 10.7. The molecular weight excluding hydrogens is 348 g/mol. The van der Waals surface area contributed by atoms with Crippen molar-refractivity contribution in [2.75, 3.05) is 0 Å². The van der Waals surface area contributed by atoms with Crippen LogP contribution in [0.25, 0.3) is 33.6 Å². The lowest BCUT2D eigenvalue weighted by molar-refractivity contribution is 0.184. The van der Waals surface area contributed by atoms with E-state index < -0.39 is 0 Å². The van der Waals surface area contributed by atoms with E-state index in [9.17, 15) is 5.11 Å². The van der Waals surface area contributed by atoms with E-state index in [1.807, 2.05) is 30.3 Å². The van der Waals surface area contributed by atoms with E-state index in [0.717, 1.165) is 40.0 Å². The minimum Gasteiger partial charge on any atom is -0.437 e.